The van der Waals surface area contributed by atoms with Crippen molar-refractivity contribution in [2.75, 3.05) is 13.1 Å². The van der Waals surface area contributed by atoms with Gasteiger partial charge in [-0.3, -0.25) is 19.7 Å². The lowest BCUT2D eigenvalue weighted by Crippen LogP contribution is -2.59. The molecule has 144 valence electrons. The lowest BCUT2D eigenvalue weighted by molar-refractivity contribution is -0.136. The Kier molecular flexibility index (Phi) is 4.52. The number of carbonyl (C=O) groups excluding carboxylic acids is 3. The minimum atomic E-state index is -0.569. The Morgan fingerprint density at radius 3 is 2.67 bits per heavy atom. The second kappa shape index (κ2) is 6.73. The quantitative estimate of drug-likeness (QED) is 0.658. The smallest absolute Gasteiger partial charge is 0.255 e. The average molecular weight is 370 g/mol. The van der Waals surface area contributed by atoms with E-state index in [-0.39, 0.29) is 29.7 Å². The van der Waals surface area contributed by atoms with Crippen molar-refractivity contribution in [3.05, 3.63) is 34.9 Å². The molecule has 0 aliphatic carbocycles. The molecule has 3 aliphatic rings. The van der Waals surface area contributed by atoms with Gasteiger partial charge in [0.2, 0.25) is 11.8 Å². The molecule has 2 fully saturated rings. The van der Waals surface area contributed by atoms with E-state index in [1.165, 1.54) is 0 Å². The Bertz CT molecular complexity index is 800. The molecule has 4 rings (SSSR count). The van der Waals surface area contributed by atoms with E-state index < -0.39 is 6.04 Å². The Balaban J connectivity index is 1.51. The van der Waals surface area contributed by atoms with Gasteiger partial charge in [-0.2, -0.15) is 0 Å². The van der Waals surface area contributed by atoms with Crippen LogP contribution in [0.2, 0.25) is 0 Å². The molecule has 27 heavy (non-hydrogen) atoms. The normalized spacial score (nSPS) is 23.3. The third kappa shape index (κ3) is 3.26. The molecule has 0 saturated carbocycles. The van der Waals surface area contributed by atoms with Crippen molar-refractivity contribution in [3.8, 4) is 0 Å². The second-order valence-corrected chi connectivity index (χ2v) is 8.28. The summed E-state index contributed by atoms with van der Waals surface area (Å²) in [5, 5.41) is 9.25. The molecule has 1 aromatic carbocycles. The van der Waals surface area contributed by atoms with Gasteiger partial charge in [0.1, 0.15) is 6.04 Å². The van der Waals surface area contributed by atoms with Crippen LogP contribution in [-0.2, 0) is 22.7 Å². The van der Waals surface area contributed by atoms with Crippen LogP contribution in [-0.4, -0.2) is 47.3 Å². The monoisotopic (exact) mass is 370 g/mol. The molecule has 0 spiro atoms. The summed E-state index contributed by atoms with van der Waals surface area (Å²) in [6.45, 7) is 7.44. The summed E-state index contributed by atoms with van der Waals surface area (Å²) in [5.41, 5.74) is 2.61. The van der Waals surface area contributed by atoms with Gasteiger partial charge < -0.3 is 15.5 Å². The van der Waals surface area contributed by atoms with Crippen molar-refractivity contribution < 1.29 is 14.4 Å². The molecule has 7 nitrogen and oxygen atoms in total. The van der Waals surface area contributed by atoms with Gasteiger partial charge in [-0.1, -0.05) is 18.2 Å². The largest absolute Gasteiger partial charge is 0.322 e. The van der Waals surface area contributed by atoms with Gasteiger partial charge in [0, 0.05) is 49.6 Å². The number of nitrogens with zero attached hydrogens (tertiary/aromatic N) is 1. The SMILES string of the molecule is CC(C)(NCc1cccc2c1C(=O)N(C1CCC(=O)NC1=O)C2)C1CNC1. The molecule has 3 amide bonds. The standard InChI is InChI=1S/C20H26N4O3/c1-20(2,14-9-21-10-14)22-8-12-4-3-5-13-11-24(19(27)17(12)13)15-6-7-16(25)23-18(15)26/h3-5,14-15,21-22H,6-11H2,1-2H3,(H,23,25,26). The van der Waals surface area contributed by atoms with Gasteiger partial charge in [0.05, 0.1) is 0 Å². The van der Waals surface area contributed by atoms with Gasteiger partial charge in [-0.15, -0.1) is 0 Å². The highest BCUT2D eigenvalue weighted by Gasteiger charge is 2.40. The molecule has 0 bridgehead atoms. The van der Waals surface area contributed by atoms with Crippen LogP contribution < -0.4 is 16.0 Å². The topological polar surface area (TPSA) is 90.5 Å². The van der Waals surface area contributed by atoms with E-state index in [1.54, 1.807) is 4.90 Å². The zero-order chi connectivity index (χ0) is 19.2. The van der Waals surface area contributed by atoms with E-state index in [9.17, 15) is 14.4 Å². The maximum atomic E-state index is 13.1. The Morgan fingerprint density at radius 2 is 2.00 bits per heavy atom. The fourth-order valence-corrected chi connectivity index (χ4v) is 4.10. The zero-order valence-corrected chi connectivity index (χ0v) is 15.8. The zero-order valence-electron chi connectivity index (χ0n) is 15.8. The van der Waals surface area contributed by atoms with E-state index in [1.807, 2.05) is 18.2 Å². The van der Waals surface area contributed by atoms with Crippen LogP contribution in [0.15, 0.2) is 18.2 Å². The summed E-state index contributed by atoms with van der Waals surface area (Å²) in [7, 11) is 0. The highest BCUT2D eigenvalue weighted by Crippen LogP contribution is 2.30. The number of carbonyl (C=O) groups is 3. The molecule has 0 radical (unpaired) electrons. The molecule has 0 aromatic heterocycles. The van der Waals surface area contributed by atoms with Crippen molar-refractivity contribution in [2.45, 2.75) is 51.4 Å². The Morgan fingerprint density at radius 1 is 1.22 bits per heavy atom. The van der Waals surface area contributed by atoms with E-state index >= 15 is 0 Å². The molecule has 2 saturated heterocycles. The summed E-state index contributed by atoms with van der Waals surface area (Å²) in [5.74, 6) is -0.173. The molecular formula is C20H26N4O3. The highest BCUT2D eigenvalue weighted by atomic mass is 16.2. The molecule has 7 heteroatoms. The molecule has 1 atom stereocenters. The van der Waals surface area contributed by atoms with Gasteiger partial charge in [-0.05, 0) is 31.4 Å². The Labute approximate surface area is 158 Å². The molecule has 1 aromatic rings. The van der Waals surface area contributed by atoms with Gasteiger partial charge in [0.25, 0.3) is 5.91 Å². The summed E-state index contributed by atoms with van der Waals surface area (Å²) in [4.78, 5) is 38.3. The van der Waals surface area contributed by atoms with Crippen molar-refractivity contribution >= 4 is 17.7 Å². The van der Waals surface area contributed by atoms with Crippen molar-refractivity contribution in [3.63, 3.8) is 0 Å². The first-order valence-electron chi connectivity index (χ1n) is 9.58. The second-order valence-electron chi connectivity index (χ2n) is 8.28. The van der Waals surface area contributed by atoms with Gasteiger partial charge in [-0.25, -0.2) is 0 Å². The number of fused-ring (bicyclic) bond motifs is 1. The number of rotatable bonds is 5. The number of imide groups is 1. The predicted molar refractivity (Wildman–Crippen MR) is 99.8 cm³/mol. The van der Waals surface area contributed by atoms with Crippen LogP contribution in [0.5, 0.6) is 0 Å². The average Bonchev–Trinajstić information content (AvgIpc) is 2.88. The first kappa shape index (κ1) is 18.1. The first-order chi connectivity index (χ1) is 12.9. The number of benzene rings is 1. The van der Waals surface area contributed by atoms with Crippen molar-refractivity contribution in [1.82, 2.24) is 20.9 Å². The number of amides is 3. The molecule has 3 N–H and O–H groups in total. The number of hydrogen-bond acceptors (Lipinski definition) is 5. The minimum absolute atomic E-state index is 0.0149. The van der Waals surface area contributed by atoms with Crippen molar-refractivity contribution in [2.24, 2.45) is 5.92 Å². The van der Waals surface area contributed by atoms with E-state index in [0.29, 0.717) is 31.0 Å². The van der Waals surface area contributed by atoms with Crippen LogP contribution in [0, 0.1) is 5.92 Å². The lowest BCUT2D eigenvalue weighted by Gasteiger charge is -2.42. The maximum Gasteiger partial charge on any atom is 0.255 e. The van der Waals surface area contributed by atoms with E-state index in [2.05, 4.69) is 29.8 Å². The number of hydrogen-bond donors (Lipinski definition) is 3. The van der Waals surface area contributed by atoms with Crippen molar-refractivity contribution in [1.29, 1.82) is 0 Å². The Hall–Kier alpha value is -2.25. The summed E-state index contributed by atoms with van der Waals surface area (Å²) >= 11 is 0. The number of nitrogens with one attached hydrogen (secondary N) is 3. The molecule has 3 aliphatic heterocycles. The highest BCUT2D eigenvalue weighted by molar-refractivity contribution is 6.05. The molecular weight excluding hydrogens is 344 g/mol. The van der Waals surface area contributed by atoms with Crippen LogP contribution in [0.3, 0.4) is 0 Å². The van der Waals surface area contributed by atoms with E-state index in [0.717, 1.165) is 24.2 Å². The van der Waals surface area contributed by atoms with Crippen LogP contribution >= 0.6 is 0 Å². The maximum absolute atomic E-state index is 13.1. The predicted octanol–water partition coefficient (Wildman–Crippen LogP) is 0.535. The van der Waals surface area contributed by atoms with Crippen LogP contribution in [0.25, 0.3) is 0 Å². The third-order valence-corrected chi connectivity index (χ3v) is 6.18. The molecule has 1 unspecified atom stereocenters. The van der Waals surface area contributed by atoms with Crippen LogP contribution in [0.4, 0.5) is 0 Å². The summed E-state index contributed by atoms with van der Waals surface area (Å²) < 4.78 is 0. The van der Waals surface area contributed by atoms with E-state index in [4.69, 9.17) is 0 Å². The lowest BCUT2D eigenvalue weighted by atomic mass is 9.83. The number of piperidine rings is 1. The minimum Gasteiger partial charge on any atom is -0.322 e. The third-order valence-electron chi connectivity index (χ3n) is 6.18. The molecule has 3 heterocycles. The van der Waals surface area contributed by atoms with Gasteiger partial charge in [0.15, 0.2) is 0 Å². The fourth-order valence-electron chi connectivity index (χ4n) is 4.10. The first-order valence-corrected chi connectivity index (χ1v) is 9.58. The van der Waals surface area contributed by atoms with Gasteiger partial charge >= 0.3 is 0 Å². The fraction of sp³-hybridized carbons (Fsp3) is 0.550. The summed E-state index contributed by atoms with van der Waals surface area (Å²) in [6, 6.07) is 5.33. The van der Waals surface area contributed by atoms with Crippen LogP contribution in [0.1, 0.15) is 48.2 Å². The summed E-state index contributed by atoms with van der Waals surface area (Å²) in [6.07, 6.45) is 0.661.